The van der Waals surface area contributed by atoms with Crippen molar-refractivity contribution in [3.63, 3.8) is 0 Å². The minimum absolute atomic E-state index is 0.203. The topological polar surface area (TPSA) is 0 Å². The molecule has 0 N–H and O–H groups in total. The lowest BCUT2D eigenvalue weighted by molar-refractivity contribution is 0.696. The molecule has 0 fully saturated rings. The molecule has 0 aliphatic heterocycles. The van der Waals surface area contributed by atoms with Crippen molar-refractivity contribution in [1.29, 1.82) is 0 Å². The summed E-state index contributed by atoms with van der Waals surface area (Å²) in [7, 11) is 0.869. The van der Waals surface area contributed by atoms with Gasteiger partial charge in [0.15, 0.2) is 0 Å². The van der Waals surface area contributed by atoms with Crippen molar-refractivity contribution in [2.75, 3.05) is 6.16 Å². The van der Waals surface area contributed by atoms with Gasteiger partial charge in [-0.1, -0.05) is 76.0 Å². The molecular weight excluding hydrogens is 318 g/mol. The Labute approximate surface area is 139 Å². The van der Waals surface area contributed by atoms with Crippen LogP contribution in [0.25, 0.3) is 11.1 Å². The summed E-state index contributed by atoms with van der Waals surface area (Å²) >= 11 is 11.5. The average Bonchev–Trinajstić information content (AvgIpc) is 2.52. The lowest BCUT2D eigenvalue weighted by atomic mass is 10.1. The van der Waals surface area contributed by atoms with E-state index in [0.717, 1.165) is 21.4 Å². The van der Waals surface area contributed by atoms with Crippen molar-refractivity contribution in [2.45, 2.75) is 30.5 Å². The molecule has 0 saturated carbocycles. The van der Waals surface area contributed by atoms with Crippen LogP contribution in [-0.2, 0) is 0 Å². The molecule has 0 nitrogen and oxygen atoms in total. The maximum atomic E-state index is 5.74. The van der Waals surface area contributed by atoms with Crippen LogP contribution in [0.5, 0.6) is 0 Å². The molecule has 1 atom stereocenters. The van der Waals surface area contributed by atoms with Crippen LogP contribution in [0.2, 0.25) is 0 Å². The Kier molecular flexibility index (Phi) is 7.58. The van der Waals surface area contributed by atoms with Crippen LogP contribution < -0.4 is 5.30 Å². The van der Waals surface area contributed by atoms with Gasteiger partial charge in [0.05, 0.1) is 0 Å². The highest BCUT2D eigenvalue weighted by Crippen LogP contribution is 2.24. The van der Waals surface area contributed by atoms with E-state index in [1.165, 1.54) is 35.4 Å². The molecule has 112 valence electrons. The first-order valence-electron chi connectivity index (χ1n) is 7.44. The Morgan fingerprint density at radius 1 is 0.810 bits per heavy atom. The van der Waals surface area contributed by atoms with E-state index in [-0.39, 0.29) is 4.84 Å². The third-order valence-corrected chi connectivity index (χ3v) is 5.28. The van der Waals surface area contributed by atoms with E-state index >= 15 is 0 Å². The number of hydrogen-bond acceptors (Lipinski definition) is 0. The fourth-order valence-corrected chi connectivity index (χ4v) is 3.97. The summed E-state index contributed by atoms with van der Waals surface area (Å²) in [6.45, 7) is 0. The average molecular weight is 339 g/mol. The highest BCUT2D eigenvalue weighted by Gasteiger charge is 2.04. The molecule has 3 heteroatoms. The molecule has 0 aromatic heterocycles. The van der Waals surface area contributed by atoms with Gasteiger partial charge in [0.1, 0.15) is 4.84 Å². The molecule has 0 radical (unpaired) electrons. The van der Waals surface area contributed by atoms with E-state index < -0.39 is 0 Å². The second-order valence-electron chi connectivity index (χ2n) is 5.08. The monoisotopic (exact) mass is 338 g/mol. The fourth-order valence-electron chi connectivity index (χ4n) is 2.33. The maximum Gasteiger partial charge on any atom is 0.107 e. The molecule has 0 spiro atoms. The molecule has 0 aliphatic rings. The molecule has 21 heavy (non-hydrogen) atoms. The van der Waals surface area contributed by atoms with Gasteiger partial charge >= 0.3 is 0 Å². The van der Waals surface area contributed by atoms with Gasteiger partial charge in [-0.25, -0.2) is 0 Å². The number of alkyl halides is 2. The van der Waals surface area contributed by atoms with Crippen molar-refractivity contribution in [1.82, 2.24) is 0 Å². The van der Waals surface area contributed by atoms with Crippen LogP contribution in [0.4, 0.5) is 0 Å². The minimum atomic E-state index is -0.203. The summed E-state index contributed by atoms with van der Waals surface area (Å²) in [4.78, 5) is -0.203. The van der Waals surface area contributed by atoms with Gasteiger partial charge < -0.3 is 0 Å². The van der Waals surface area contributed by atoms with Crippen molar-refractivity contribution < 1.29 is 0 Å². The first-order chi connectivity index (χ1) is 10.3. The Morgan fingerprint density at radius 3 is 2.29 bits per heavy atom. The number of hydrogen-bond donors (Lipinski definition) is 0. The van der Waals surface area contributed by atoms with Gasteiger partial charge in [-0.2, -0.15) is 0 Å². The SMILES string of the molecule is ClC(Cl)CCCCCPc1ccccc1-c1ccccc1. The normalized spacial score (nSPS) is 11.6. The van der Waals surface area contributed by atoms with Crippen molar-refractivity contribution in [3.05, 3.63) is 54.6 Å². The van der Waals surface area contributed by atoms with Gasteiger partial charge in [0, 0.05) is 0 Å². The second kappa shape index (κ2) is 9.46. The van der Waals surface area contributed by atoms with Gasteiger partial charge in [-0.05, 0) is 35.4 Å². The zero-order chi connectivity index (χ0) is 14.9. The van der Waals surface area contributed by atoms with Gasteiger partial charge in [0.25, 0.3) is 0 Å². The third-order valence-electron chi connectivity index (χ3n) is 3.43. The number of rotatable bonds is 8. The van der Waals surface area contributed by atoms with E-state index in [0.29, 0.717) is 0 Å². The van der Waals surface area contributed by atoms with Crippen LogP contribution in [0.15, 0.2) is 54.6 Å². The predicted molar refractivity (Wildman–Crippen MR) is 98.7 cm³/mol. The van der Waals surface area contributed by atoms with Crippen LogP contribution in [0.1, 0.15) is 25.7 Å². The molecule has 2 aromatic carbocycles. The smallest absolute Gasteiger partial charge is 0.105 e. The molecule has 2 rings (SSSR count). The highest BCUT2D eigenvalue weighted by atomic mass is 35.5. The van der Waals surface area contributed by atoms with Crippen LogP contribution in [-0.4, -0.2) is 11.0 Å². The summed E-state index contributed by atoms with van der Waals surface area (Å²) < 4.78 is 0. The fraction of sp³-hybridized carbons (Fsp3) is 0.333. The Balaban J connectivity index is 1.87. The van der Waals surface area contributed by atoms with Gasteiger partial charge in [-0.3, -0.25) is 0 Å². The summed E-state index contributed by atoms with van der Waals surface area (Å²) in [5.41, 5.74) is 2.69. The van der Waals surface area contributed by atoms with Crippen LogP contribution in [0, 0.1) is 0 Å². The predicted octanol–water partition coefficient (Wildman–Crippen LogP) is 6.02. The Bertz CT molecular complexity index is 526. The van der Waals surface area contributed by atoms with E-state index in [4.69, 9.17) is 23.2 Å². The third kappa shape index (κ3) is 5.99. The number of benzene rings is 2. The molecule has 0 saturated heterocycles. The first-order valence-corrected chi connectivity index (χ1v) is 9.52. The molecular formula is C18H21Cl2P. The van der Waals surface area contributed by atoms with E-state index in [2.05, 4.69) is 54.6 Å². The molecule has 0 aliphatic carbocycles. The highest BCUT2D eigenvalue weighted by molar-refractivity contribution is 7.47. The Hall–Kier alpha value is -0.550. The van der Waals surface area contributed by atoms with E-state index in [9.17, 15) is 0 Å². The van der Waals surface area contributed by atoms with Crippen LogP contribution >= 0.6 is 31.8 Å². The first kappa shape index (κ1) is 16.8. The number of unbranched alkanes of at least 4 members (excludes halogenated alkanes) is 2. The molecule has 0 heterocycles. The van der Waals surface area contributed by atoms with Gasteiger partial charge in [-0.15, -0.1) is 23.2 Å². The largest absolute Gasteiger partial charge is 0.107 e. The molecule has 2 aromatic rings. The quantitative estimate of drug-likeness (QED) is 0.313. The van der Waals surface area contributed by atoms with Crippen molar-refractivity contribution in [3.8, 4) is 11.1 Å². The lowest BCUT2D eigenvalue weighted by Gasteiger charge is -2.10. The summed E-state index contributed by atoms with van der Waals surface area (Å²) in [5.74, 6) is 0. The van der Waals surface area contributed by atoms with Crippen molar-refractivity contribution >= 4 is 37.1 Å². The van der Waals surface area contributed by atoms with Crippen LogP contribution in [0.3, 0.4) is 0 Å². The summed E-state index contributed by atoms with van der Waals surface area (Å²) in [6, 6.07) is 19.4. The lowest BCUT2D eigenvalue weighted by Crippen LogP contribution is -2.00. The second-order valence-corrected chi connectivity index (χ2v) is 7.75. The maximum absolute atomic E-state index is 5.74. The Morgan fingerprint density at radius 2 is 1.52 bits per heavy atom. The standard InChI is InChI=1S/C18H21Cl2P/c19-18(20)13-5-2-8-14-21-17-12-7-6-11-16(17)15-9-3-1-4-10-15/h1,3-4,6-7,9-12,18,21H,2,5,8,13-14H2. The summed E-state index contributed by atoms with van der Waals surface area (Å²) in [5, 5.41) is 1.47. The molecule has 0 amide bonds. The minimum Gasteiger partial charge on any atom is -0.105 e. The van der Waals surface area contributed by atoms with E-state index in [1.807, 2.05) is 0 Å². The molecule has 0 bridgehead atoms. The van der Waals surface area contributed by atoms with Gasteiger partial charge in [0.2, 0.25) is 0 Å². The van der Waals surface area contributed by atoms with E-state index in [1.54, 1.807) is 0 Å². The molecule has 1 unspecified atom stereocenters. The number of halogens is 2. The zero-order valence-corrected chi connectivity index (χ0v) is 14.6. The summed E-state index contributed by atoms with van der Waals surface area (Å²) in [6.07, 6.45) is 5.76. The zero-order valence-electron chi connectivity index (χ0n) is 12.1. The van der Waals surface area contributed by atoms with Crippen molar-refractivity contribution in [2.24, 2.45) is 0 Å².